The number of para-hydroxylation sites is 1. The van der Waals surface area contributed by atoms with Crippen LogP contribution in [-0.2, 0) is 9.47 Å². The highest BCUT2D eigenvalue weighted by atomic mass is 16.5. The van der Waals surface area contributed by atoms with Crippen molar-refractivity contribution in [3.05, 3.63) is 35.9 Å². The van der Waals surface area contributed by atoms with Gasteiger partial charge in [-0.15, -0.1) is 0 Å². The van der Waals surface area contributed by atoms with Gasteiger partial charge in [0.15, 0.2) is 0 Å². The van der Waals surface area contributed by atoms with Crippen LogP contribution in [-0.4, -0.2) is 106 Å². The molecule has 3 aliphatic heterocycles. The fourth-order valence-corrected chi connectivity index (χ4v) is 5.16. The van der Waals surface area contributed by atoms with Crippen molar-refractivity contribution in [3.63, 3.8) is 0 Å². The molecule has 0 aliphatic carbocycles. The van der Waals surface area contributed by atoms with Crippen molar-refractivity contribution in [2.75, 3.05) is 83.7 Å². The van der Waals surface area contributed by atoms with E-state index in [1.807, 2.05) is 30.3 Å². The molecule has 1 aromatic carbocycles. The summed E-state index contributed by atoms with van der Waals surface area (Å²) in [5.74, 6) is 0.888. The molecule has 1 aromatic heterocycles. The number of carbonyl (C=O) groups excluding carboxylic acids is 1. The van der Waals surface area contributed by atoms with Crippen LogP contribution in [0, 0.1) is 0 Å². The summed E-state index contributed by atoms with van der Waals surface area (Å²) in [5.41, 5.74) is 1.59. The largest absolute Gasteiger partial charge is 0.379 e. The van der Waals surface area contributed by atoms with Crippen LogP contribution in [0.25, 0.3) is 10.9 Å². The number of morpholine rings is 2. The molecular formula is C25H35N5O3. The highest BCUT2D eigenvalue weighted by Crippen LogP contribution is 2.26. The standard InChI is InChI=1S/C25H35N5O3/c31-25(26-7-10-28-11-15-32-16-12-28)22-19-24(27-23-4-2-1-3-21(22)23)30-8-5-20(6-9-30)29-13-17-33-18-14-29/h1-4,19-20H,5-18H2,(H,26,31). The van der Waals surface area contributed by atoms with Crippen molar-refractivity contribution in [1.29, 1.82) is 0 Å². The number of hydrogen-bond donors (Lipinski definition) is 1. The number of hydrogen-bond acceptors (Lipinski definition) is 7. The predicted octanol–water partition coefficient (Wildman–Crippen LogP) is 1.60. The molecule has 3 fully saturated rings. The Kier molecular flexibility index (Phi) is 7.36. The van der Waals surface area contributed by atoms with Gasteiger partial charge in [0.25, 0.3) is 5.91 Å². The molecule has 0 saturated carbocycles. The fourth-order valence-electron chi connectivity index (χ4n) is 5.16. The number of nitrogens with zero attached hydrogens (tertiary/aromatic N) is 4. The molecule has 1 N–H and O–H groups in total. The average molecular weight is 454 g/mol. The van der Waals surface area contributed by atoms with E-state index in [-0.39, 0.29) is 5.91 Å². The van der Waals surface area contributed by atoms with Crippen molar-refractivity contribution in [2.24, 2.45) is 0 Å². The van der Waals surface area contributed by atoms with E-state index in [4.69, 9.17) is 14.5 Å². The number of fused-ring (bicyclic) bond motifs is 1. The average Bonchev–Trinajstić information content (AvgIpc) is 2.89. The molecule has 0 atom stereocenters. The van der Waals surface area contributed by atoms with Crippen LogP contribution in [0.5, 0.6) is 0 Å². The number of nitrogens with one attached hydrogen (secondary N) is 1. The van der Waals surface area contributed by atoms with Crippen molar-refractivity contribution >= 4 is 22.6 Å². The SMILES string of the molecule is O=C(NCCN1CCOCC1)c1cc(N2CCC(N3CCOCC3)CC2)nc2ccccc12. The molecule has 5 rings (SSSR count). The number of rotatable bonds is 6. The molecule has 0 radical (unpaired) electrons. The van der Waals surface area contributed by atoms with E-state index in [0.717, 1.165) is 102 Å². The van der Waals surface area contributed by atoms with Gasteiger partial charge in [0.1, 0.15) is 5.82 Å². The number of aromatic nitrogens is 1. The highest BCUT2D eigenvalue weighted by molar-refractivity contribution is 6.07. The molecule has 8 heteroatoms. The Morgan fingerprint density at radius 1 is 0.970 bits per heavy atom. The Bertz CT molecular complexity index is 935. The second kappa shape index (κ2) is 10.8. The van der Waals surface area contributed by atoms with Gasteiger partial charge in [-0.2, -0.15) is 0 Å². The van der Waals surface area contributed by atoms with E-state index in [1.165, 1.54) is 0 Å². The summed E-state index contributed by atoms with van der Waals surface area (Å²) in [6.07, 6.45) is 2.24. The minimum Gasteiger partial charge on any atom is -0.379 e. The fraction of sp³-hybridized carbons (Fsp3) is 0.600. The van der Waals surface area contributed by atoms with E-state index in [1.54, 1.807) is 0 Å². The first-order valence-electron chi connectivity index (χ1n) is 12.3. The van der Waals surface area contributed by atoms with Crippen molar-refractivity contribution in [3.8, 4) is 0 Å². The quantitative estimate of drug-likeness (QED) is 0.712. The third kappa shape index (κ3) is 5.46. The van der Waals surface area contributed by atoms with Gasteiger partial charge in [0.05, 0.1) is 37.5 Å². The van der Waals surface area contributed by atoms with Crippen LogP contribution in [0.4, 0.5) is 5.82 Å². The number of ether oxygens (including phenoxy) is 2. The van der Waals surface area contributed by atoms with Crippen LogP contribution in [0.1, 0.15) is 23.2 Å². The zero-order valence-electron chi connectivity index (χ0n) is 19.4. The lowest BCUT2D eigenvalue weighted by molar-refractivity contribution is 0.0115. The van der Waals surface area contributed by atoms with Gasteiger partial charge in [-0.05, 0) is 25.0 Å². The summed E-state index contributed by atoms with van der Waals surface area (Å²) in [5, 5.41) is 4.04. The molecule has 0 spiro atoms. The second-order valence-corrected chi connectivity index (χ2v) is 9.12. The molecule has 3 aliphatic rings. The number of carbonyl (C=O) groups is 1. The van der Waals surface area contributed by atoms with E-state index >= 15 is 0 Å². The highest BCUT2D eigenvalue weighted by Gasteiger charge is 2.27. The van der Waals surface area contributed by atoms with Gasteiger partial charge in [0, 0.05) is 63.8 Å². The third-order valence-electron chi connectivity index (χ3n) is 7.12. The molecule has 4 heterocycles. The lowest BCUT2D eigenvalue weighted by Crippen LogP contribution is -2.49. The van der Waals surface area contributed by atoms with E-state index in [9.17, 15) is 4.79 Å². The molecule has 8 nitrogen and oxygen atoms in total. The molecule has 3 saturated heterocycles. The van der Waals surface area contributed by atoms with E-state index in [0.29, 0.717) is 18.2 Å². The van der Waals surface area contributed by atoms with Gasteiger partial charge in [-0.25, -0.2) is 4.98 Å². The van der Waals surface area contributed by atoms with Crippen LogP contribution in [0.3, 0.4) is 0 Å². The molecule has 178 valence electrons. The smallest absolute Gasteiger partial charge is 0.252 e. The maximum absolute atomic E-state index is 13.2. The monoisotopic (exact) mass is 453 g/mol. The Morgan fingerprint density at radius 3 is 2.42 bits per heavy atom. The van der Waals surface area contributed by atoms with Crippen molar-refractivity contribution in [1.82, 2.24) is 20.1 Å². The number of anilines is 1. The van der Waals surface area contributed by atoms with Gasteiger partial charge in [-0.1, -0.05) is 18.2 Å². The van der Waals surface area contributed by atoms with E-state index < -0.39 is 0 Å². The zero-order chi connectivity index (χ0) is 22.5. The Morgan fingerprint density at radius 2 is 1.67 bits per heavy atom. The molecule has 1 amide bonds. The first kappa shape index (κ1) is 22.5. The van der Waals surface area contributed by atoms with Crippen LogP contribution >= 0.6 is 0 Å². The summed E-state index contributed by atoms with van der Waals surface area (Å²) >= 11 is 0. The van der Waals surface area contributed by atoms with Gasteiger partial charge >= 0.3 is 0 Å². The first-order valence-corrected chi connectivity index (χ1v) is 12.3. The van der Waals surface area contributed by atoms with Gasteiger partial charge in [-0.3, -0.25) is 14.6 Å². The Hall–Kier alpha value is -2.26. The first-order chi connectivity index (χ1) is 16.3. The molecule has 0 unspecified atom stereocenters. The van der Waals surface area contributed by atoms with E-state index in [2.05, 4.69) is 20.0 Å². The lowest BCUT2D eigenvalue weighted by atomic mass is 10.0. The number of piperidine rings is 1. The van der Waals surface area contributed by atoms with Gasteiger partial charge in [0.2, 0.25) is 0 Å². The number of benzene rings is 1. The topological polar surface area (TPSA) is 70.2 Å². The summed E-state index contributed by atoms with van der Waals surface area (Å²) in [7, 11) is 0. The molecular weight excluding hydrogens is 418 g/mol. The van der Waals surface area contributed by atoms with Crippen molar-refractivity contribution < 1.29 is 14.3 Å². The van der Waals surface area contributed by atoms with Crippen LogP contribution in [0.2, 0.25) is 0 Å². The minimum atomic E-state index is -0.0219. The third-order valence-corrected chi connectivity index (χ3v) is 7.12. The number of amides is 1. The summed E-state index contributed by atoms with van der Waals surface area (Å²) in [6.45, 7) is 10.6. The lowest BCUT2D eigenvalue weighted by Gasteiger charge is -2.40. The summed E-state index contributed by atoms with van der Waals surface area (Å²) in [6, 6.07) is 10.6. The summed E-state index contributed by atoms with van der Waals surface area (Å²) in [4.78, 5) is 25.3. The van der Waals surface area contributed by atoms with Crippen molar-refractivity contribution in [2.45, 2.75) is 18.9 Å². The predicted molar refractivity (Wildman–Crippen MR) is 129 cm³/mol. The number of pyridine rings is 1. The summed E-state index contributed by atoms with van der Waals surface area (Å²) < 4.78 is 10.9. The molecule has 33 heavy (non-hydrogen) atoms. The molecule has 2 aromatic rings. The Labute approximate surface area is 195 Å². The second-order valence-electron chi connectivity index (χ2n) is 9.12. The van der Waals surface area contributed by atoms with Gasteiger partial charge < -0.3 is 19.7 Å². The van der Waals surface area contributed by atoms with Crippen LogP contribution < -0.4 is 10.2 Å². The Balaban J connectivity index is 1.26. The zero-order valence-corrected chi connectivity index (χ0v) is 19.4. The normalized spacial score (nSPS) is 21.4. The molecule has 0 bridgehead atoms. The maximum Gasteiger partial charge on any atom is 0.252 e. The maximum atomic E-state index is 13.2. The van der Waals surface area contributed by atoms with Crippen LogP contribution in [0.15, 0.2) is 30.3 Å². The minimum absolute atomic E-state index is 0.0219.